The van der Waals surface area contributed by atoms with E-state index in [2.05, 4.69) is 10.00 Å². The molecular formula is C15H22N4O. The highest BCUT2D eigenvalue weighted by Crippen LogP contribution is 2.29. The van der Waals surface area contributed by atoms with Crippen molar-refractivity contribution in [3.8, 4) is 5.75 Å². The van der Waals surface area contributed by atoms with Gasteiger partial charge in [-0.25, -0.2) is 0 Å². The van der Waals surface area contributed by atoms with Gasteiger partial charge in [-0.2, -0.15) is 5.10 Å². The highest BCUT2D eigenvalue weighted by atomic mass is 16.5. The highest BCUT2D eigenvalue weighted by molar-refractivity contribution is 5.64. The van der Waals surface area contributed by atoms with E-state index in [0.717, 1.165) is 29.4 Å². The molecule has 108 valence electrons. The van der Waals surface area contributed by atoms with E-state index in [9.17, 15) is 0 Å². The van der Waals surface area contributed by atoms with Crippen molar-refractivity contribution in [3.05, 3.63) is 35.5 Å². The predicted octanol–water partition coefficient (Wildman–Crippen LogP) is 2.01. The first-order valence-corrected chi connectivity index (χ1v) is 6.68. The third-order valence-electron chi connectivity index (χ3n) is 3.48. The molecule has 1 aromatic carbocycles. The van der Waals surface area contributed by atoms with Crippen LogP contribution in [0, 0.1) is 6.92 Å². The van der Waals surface area contributed by atoms with Crippen molar-refractivity contribution < 1.29 is 4.74 Å². The van der Waals surface area contributed by atoms with Crippen LogP contribution in [-0.2, 0) is 13.5 Å². The van der Waals surface area contributed by atoms with Crippen LogP contribution >= 0.6 is 0 Å². The van der Waals surface area contributed by atoms with Gasteiger partial charge < -0.3 is 15.4 Å². The number of methoxy groups -OCH3 is 1. The molecule has 5 heteroatoms. The highest BCUT2D eigenvalue weighted by Gasteiger charge is 2.17. The molecule has 1 heterocycles. The summed E-state index contributed by atoms with van der Waals surface area (Å²) in [5, 5.41) is 4.50. The Morgan fingerprint density at radius 2 is 1.95 bits per heavy atom. The summed E-state index contributed by atoms with van der Waals surface area (Å²) >= 11 is 0. The Hall–Kier alpha value is -2.01. The van der Waals surface area contributed by atoms with Gasteiger partial charge in [-0.15, -0.1) is 0 Å². The quantitative estimate of drug-likeness (QED) is 0.906. The second-order valence-electron chi connectivity index (χ2n) is 4.81. The number of ether oxygens (including phenoxy) is 1. The Kier molecular flexibility index (Phi) is 4.29. The van der Waals surface area contributed by atoms with Gasteiger partial charge >= 0.3 is 0 Å². The number of hydrogen-bond acceptors (Lipinski definition) is 4. The van der Waals surface area contributed by atoms with Gasteiger partial charge in [0.05, 0.1) is 12.8 Å². The second kappa shape index (κ2) is 5.96. The van der Waals surface area contributed by atoms with Gasteiger partial charge in [0.15, 0.2) is 0 Å². The maximum absolute atomic E-state index is 5.71. The Balaban J connectivity index is 2.38. The lowest BCUT2D eigenvalue weighted by Crippen LogP contribution is -2.16. The van der Waals surface area contributed by atoms with Crippen LogP contribution in [0.1, 0.15) is 11.3 Å². The van der Waals surface area contributed by atoms with Gasteiger partial charge in [-0.05, 0) is 44.2 Å². The van der Waals surface area contributed by atoms with Crippen LogP contribution in [0.25, 0.3) is 0 Å². The summed E-state index contributed by atoms with van der Waals surface area (Å²) in [6.45, 7) is 2.65. The molecule has 0 saturated carbocycles. The minimum atomic E-state index is 0.621. The fourth-order valence-electron chi connectivity index (χ4n) is 2.47. The average Bonchev–Trinajstić information content (AvgIpc) is 2.73. The second-order valence-corrected chi connectivity index (χ2v) is 4.81. The zero-order chi connectivity index (χ0) is 14.7. The largest absolute Gasteiger partial charge is 0.497 e. The summed E-state index contributed by atoms with van der Waals surface area (Å²) in [4.78, 5) is 2.13. The van der Waals surface area contributed by atoms with Crippen molar-refractivity contribution in [1.82, 2.24) is 9.78 Å². The third-order valence-corrected chi connectivity index (χ3v) is 3.48. The molecule has 2 N–H and O–H groups in total. The smallest absolute Gasteiger partial charge is 0.134 e. The van der Waals surface area contributed by atoms with Crippen LogP contribution in [0.2, 0.25) is 0 Å². The van der Waals surface area contributed by atoms with Crippen LogP contribution in [0.15, 0.2) is 24.3 Å². The first-order chi connectivity index (χ1) is 9.58. The van der Waals surface area contributed by atoms with E-state index in [1.165, 1.54) is 5.56 Å². The molecule has 5 nitrogen and oxygen atoms in total. The molecule has 0 spiro atoms. The molecule has 0 aliphatic rings. The SMILES string of the molecule is COc1ccc(N(C)c2c(CCN)c(C)nn2C)cc1. The normalized spacial score (nSPS) is 10.7. The van der Waals surface area contributed by atoms with Crippen molar-refractivity contribution in [3.63, 3.8) is 0 Å². The number of aryl methyl sites for hydroxylation is 2. The van der Waals surface area contributed by atoms with Crippen molar-refractivity contribution in [1.29, 1.82) is 0 Å². The van der Waals surface area contributed by atoms with E-state index in [1.54, 1.807) is 7.11 Å². The summed E-state index contributed by atoms with van der Waals surface area (Å²) in [6, 6.07) is 7.98. The fraction of sp³-hybridized carbons (Fsp3) is 0.400. The van der Waals surface area contributed by atoms with Crippen LogP contribution in [0.5, 0.6) is 5.75 Å². The van der Waals surface area contributed by atoms with E-state index in [0.29, 0.717) is 6.54 Å². The number of rotatable bonds is 5. The van der Waals surface area contributed by atoms with Gasteiger partial charge in [0.2, 0.25) is 0 Å². The molecule has 1 aromatic heterocycles. The number of hydrogen-bond donors (Lipinski definition) is 1. The minimum Gasteiger partial charge on any atom is -0.497 e. The van der Waals surface area contributed by atoms with E-state index < -0.39 is 0 Å². The molecule has 2 rings (SSSR count). The first kappa shape index (κ1) is 14.4. The topological polar surface area (TPSA) is 56.3 Å². The summed E-state index contributed by atoms with van der Waals surface area (Å²) in [6.07, 6.45) is 0.829. The zero-order valence-electron chi connectivity index (χ0n) is 12.6. The molecule has 0 atom stereocenters. The maximum Gasteiger partial charge on any atom is 0.134 e. The van der Waals surface area contributed by atoms with Crippen LogP contribution in [-0.4, -0.2) is 30.5 Å². The number of benzene rings is 1. The fourth-order valence-corrected chi connectivity index (χ4v) is 2.47. The zero-order valence-corrected chi connectivity index (χ0v) is 12.6. The van der Waals surface area contributed by atoms with Crippen LogP contribution in [0.3, 0.4) is 0 Å². The molecule has 0 bridgehead atoms. The van der Waals surface area contributed by atoms with Crippen molar-refractivity contribution in [2.45, 2.75) is 13.3 Å². The summed E-state index contributed by atoms with van der Waals surface area (Å²) in [7, 11) is 5.67. The lowest BCUT2D eigenvalue weighted by molar-refractivity contribution is 0.415. The molecule has 0 fully saturated rings. The van der Waals surface area contributed by atoms with Gasteiger partial charge in [-0.1, -0.05) is 0 Å². The van der Waals surface area contributed by atoms with Gasteiger partial charge in [0.1, 0.15) is 11.6 Å². The van der Waals surface area contributed by atoms with Crippen molar-refractivity contribution >= 4 is 11.5 Å². The number of aromatic nitrogens is 2. The number of anilines is 2. The molecule has 20 heavy (non-hydrogen) atoms. The Morgan fingerprint density at radius 1 is 1.30 bits per heavy atom. The van der Waals surface area contributed by atoms with Gasteiger partial charge in [-0.3, -0.25) is 4.68 Å². The third kappa shape index (κ3) is 2.63. The van der Waals surface area contributed by atoms with Crippen LogP contribution in [0.4, 0.5) is 11.5 Å². The Bertz CT molecular complexity index is 574. The monoisotopic (exact) mass is 274 g/mol. The standard InChI is InChI=1S/C15H22N4O/c1-11-14(9-10-16)15(19(3)17-11)18(2)12-5-7-13(20-4)8-6-12/h5-8H,9-10,16H2,1-4H3. The van der Waals surface area contributed by atoms with Gasteiger partial charge in [0.25, 0.3) is 0 Å². The van der Waals surface area contributed by atoms with E-state index >= 15 is 0 Å². The molecule has 0 unspecified atom stereocenters. The maximum atomic E-state index is 5.71. The predicted molar refractivity (Wildman–Crippen MR) is 81.8 cm³/mol. The molecule has 0 saturated heterocycles. The molecule has 2 aromatic rings. The molecule has 0 radical (unpaired) electrons. The molecule has 0 amide bonds. The summed E-state index contributed by atoms with van der Waals surface area (Å²) in [5.41, 5.74) is 9.04. The van der Waals surface area contributed by atoms with Gasteiger partial charge in [0, 0.05) is 25.3 Å². The molecule has 0 aliphatic heterocycles. The van der Waals surface area contributed by atoms with Crippen LogP contribution < -0.4 is 15.4 Å². The minimum absolute atomic E-state index is 0.621. The first-order valence-electron chi connectivity index (χ1n) is 6.68. The Morgan fingerprint density at radius 3 is 2.50 bits per heavy atom. The number of nitrogens with two attached hydrogens (primary N) is 1. The lowest BCUT2D eigenvalue weighted by atomic mass is 10.1. The number of nitrogens with zero attached hydrogens (tertiary/aromatic N) is 3. The van der Waals surface area contributed by atoms with Crippen molar-refractivity contribution in [2.24, 2.45) is 12.8 Å². The summed E-state index contributed by atoms with van der Waals surface area (Å²) in [5.74, 6) is 1.93. The lowest BCUT2D eigenvalue weighted by Gasteiger charge is -2.21. The van der Waals surface area contributed by atoms with E-state index in [4.69, 9.17) is 10.5 Å². The summed E-state index contributed by atoms with van der Waals surface area (Å²) < 4.78 is 7.10. The van der Waals surface area contributed by atoms with Crippen molar-refractivity contribution in [2.75, 3.05) is 25.6 Å². The molecular weight excluding hydrogens is 252 g/mol. The Labute approximate surface area is 119 Å². The van der Waals surface area contributed by atoms with E-state index in [-0.39, 0.29) is 0 Å². The molecule has 0 aliphatic carbocycles. The van der Waals surface area contributed by atoms with E-state index in [1.807, 2.05) is 50.0 Å². The average molecular weight is 274 g/mol.